The summed E-state index contributed by atoms with van der Waals surface area (Å²) in [7, 11) is 0. The summed E-state index contributed by atoms with van der Waals surface area (Å²) in [5, 5.41) is 10.8. The van der Waals surface area contributed by atoms with E-state index >= 15 is 0 Å². The Hall–Kier alpha value is -1.92. The number of aromatic nitrogens is 2. The Morgan fingerprint density at radius 3 is 2.86 bits per heavy atom. The van der Waals surface area contributed by atoms with Gasteiger partial charge < -0.3 is 20.3 Å². The van der Waals surface area contributed by atoms with Gasteiger partial charge in [0.2, 0.25) is 5.91 Å². The van der Waals surface area contributed by atoms with Crippen molar-refractivity contribution in [2.45, 2.75) is 25.0 Å². The van der Waals surface area contributed by atoms with Crippen LogP contribution >= 0.6 is 0 Å². The standard InChI is InChI=1S/C15H20N4O2/c16-10-14(20)18-8-4-15(21,5-9-18)11-19-7-3-12-13(19)2-1-6-17-12/h1-3,6-7,21H,4-5,8-11,16H2. The average Bonchev–Trinajstić information content (AvgIpc) is 2.90. The van der Waals surface area contributed by atoms with Crippen LogP contribution in [-0.2, 0) is 11.3 Å². The molecule has 1 aliphatic rings. The predicted octanol–water partition coefficient (Wildman–Crippen LogP) is 0.349. The van der Waals surface area contributed by atoms with Crippen molar-refractivity contribution in [1.82, 2.24) is 14.5 Å². The molecule has 0 radical (unpaired) electrons. The molecular formula is C15H20N4O2. The van der Waals surface area contributed by atoms with E-state index in [1.54, 1.807) is 11.1 Å². The third-order valence-corrected chi connectivity index (χ3v) is 4.22. The number of amides is 1. The fourth-order valence-electron chi connectivity index (χ4n) is 2.94. The maximum absolute atomic E-state index is 11.6. The van der Waals surface area contributed by atoms with E-state index in [1.165, 1.54) is 0 Å². The molecule has 112 valence electrons. The van der Waals surface area contributed by atoms with E-state index in [0.29, 0.717) is 32.5 Å². The summed E-state index contributed by atoms with van der Waals surface area (Å²) in [5.41, 5.74) is 6.54. The van der Waals surface area contributed by atoms with Crippen molar-refractivity contribution < 1.29 is 9.90 Å². The number of piperidine rings is 1. The number of nitrogens with zero attached hydrogens (tertiary/aromatic N) is 3. The molecule has 1 fully saturated rings. The molecule has 0 aliphatic carbocycles. The summed E-state index contributed by atoms with van der Waals surface area (Å²) in [6.07, 6.45) is 4.85. The van der Waals surface area contributed by atoms with Crippen LogP contribution in [0.1, 0.15) is 12.8 Å². The third-order valence-electron chi connectivity index (χ3n) is 4.22. The molecule has 0 spiro atoms. The van der Waals surface area contributed by atoms with Gasteiger partial charge in [-0.25, -0.2) is 0 Å². The van der Waals surface area contributed by atoms with Gasteiger partial charge in [-0.1, -0.05) is 0 Å². The first kappa shape index (κ1) is 14.0. The van der Waals surface area contributed by atoms with Crippen LogP contribution in [0.2, 0.25) is 0 Å². The molecule has 21 heavy (non-hydrogen) atoms. The zero-order valence-electron chi connectivity index (χ0n) is 11.9. The summed E-state index contributed by atoms with van der Waals surface area (Å²) in [6, 6.07) is 5.84. The van der Waals surface area contributed by atoms with E-state index < -0.39 is 5.60 Å². The van der Waals surface area contributed by atoms with Crippen LogP contribution in [0.15, 0.2) is 30.6 Å². The fourth-order valence-corrected chi connectivity index (χ4v) is 2.94. The van der Waals surface area contributed by atoms with Crippen LogP contribution in [0.5, 0.6) is 0 Å². The highest BCUT2D eigenvalue weighted by molar-refractivity contribution is 5.78. The lowest BCUT2D eigenvalue weighted by Gasteiger charge is -2.38. The zero-order valence-corrected chi connectivity index (χ0v) is 11.9. The normalized spacial score (nSPS) is 18.1. The minimum absolute atomic E-state index is 0.0341. The van der Waals surface area contributed by atoms with E-state index in [-0.39, 0.29) is 12.5 Å². The number of carbonyl (C=O) groups is 1. The van der Waals surface area contributed by atoms with Crippen molar-refractivity contribution in [3.63, 3.8) is 0 Å². The Kier molecular flexibility index (Phi) is 3.65. The second-order valence-electron chi connectivity index (χ2n) is 5.66. The first-order valence-corrected chi connectivity index (χ1v) is 7.21. The van der Waals surface area contributed by atoms with Gasteiger partial charge in [-0.2, -0.15) is 0 Å². The van der Waals surface area contributed by atoms with Crippen LogP contribution in [-0.4, -0.2) is 50.7 Å². The van der Waals surface area contributed by atoms with Crippen LogP contribution in [0, 0.1) is 0 Å². The van der Waals surface area contributed by atoms with Gasteiger partial charge in [-0.05, 0) is 31.0 Å². The van der Waals surface area contributed by atoms with E-state index in [2.05, 4.69) is 4.98 Å². The molecule has 2 aromatic heterocycles. The first-order valence-electron chi connectivity index (χ1n) is 7.21. The van der Waals surface area contributed by atoms with Gasteiger partial charge in [0, 0.05) is 25.5 Å². The van der Waals surface area contributed by atoms with Crippen molar-refractivity contribution >= 4 is 16.9 Å². The van der Waals surface area contributed by atoms with E-state index in [9.17, 15) is 9.90 Å². The molecule has 6 nitrogen and oxygen atoms in total. The molecule has 1 aliphatic heterocycles. The summed E-state index contributed by atoms with van der Waals surface area (Å²) < 4.78 is 2.03. The van der Waals surface area contributed by atoms with Crippen LogP contribution in [0.3, 0.4) is 0 Å². The Bertz CT molecular complexity index is 644. The largest absolute Gasteiger partial charge is 0.388 e. The summed E-state index contributed by atoms with van der Waals surface area (Å²) in [5.74, 6) is -0.0485. The minimum atomic E-state index is -0.785. The van der Waals surface area contributed by atoms with Crippen molar-refractivity contribution in [2.24, 2.45) is 5.73 Å². The maximum Gasteiger partial charge on any atom is 0.236 e. The molecule has 1 amide bonds. The number of carbonyl (C=O) groups excluding carboxylic acids is 1. The van der Waals surface area contributed by atoms with Gasteiger partial charge in [-0.3, -0.25) is 9.78 Å². The quantitative estimate of drug-likeness (QED) is 0.853. The number of likely N-dealkylation sites (tertiary alicyclic amines) is 1. The van der Waals surface area contributed by atoms with Gasteiger partial charge >= 0.3 is 0 Å². The lowest BCUT2D eigenvalue weighted by Crippen LogP contribution is -2.49. The molecular weight excluding hydrogens is 268 g/mol. The number of rotatable bonds is 3. The maximum atomic E-state index is 11.6. The Balaban J connectivity index is 1.72. The number of pyridine rings is 1. The molecule has 2 aromatic rings. The molecule has 3 N–H and O–H groups in total. The van der Waals surface area contributed by atoms with Crippen LogP contribution < -0.4 is 5.73 Å². The molecule has 0 saturated carbocycles. The van der Waals surface area contributed by atoms with E-state index in [4.69, 9.17) is 5.73 Å². The molecule has 0 aromatic carbocycles. The number of hydrogen-bond acceptors (Lipinski definition) is 4. The lowest BCUT2D eigenvalue weighted by atomic mass is 9.91. The smallest absolute Gasteiger partial charge is 0.236 e. The topological polar surface area (TPSA) is 84.4 Å². The lowest BCUT2D eigenvalue weighted by molar-refractivity contribution is -0.134. The molecule has 3 heterocycles. The Morgan fingerprint density at radius 2 is 2.14 bits per heavy atom. The van der Waals surface area contributed by atoms with Crippen LogP contribution in [0.25, 0.3) is 11.0 Å². The molecule has 0 bridgehead atoms. The highest BCUT2D eigenvalue weighted by Crippen LogP contribution is 2.26. The number of aliphatic hydroxyl groups is 1. The van der Waals surface area contributed by atoms with Crippen molar-refractivity contribution in [3.8, 4) is 0 Å². The molecule has 0 atom stereocenters. The second kappa shape index (κ2) is 5.46. The van der Waals surface area contributed by atoms with E-state index in [1.807, 2.05) is 29.0 Å². The number of fused-ring (bicyclic) bond motifs is 1. The summed E-state index contributed by atoms with van der Waals surface area (Å²) in [4.78, 5) is 17.6. The van der Waals surface area contributed by atoms with Gasteiger partial charge in [0.05, 0.1) is 29.7 Å². The van der Waals surface area contributed by atoms with Crippen LogP contribution in [0.4, 0.5) is 0 Å². The molecule has 6 heteroatoms. The van der Waals surface area contributed by atoms with Gasteiger partial charge in [0.15, 0.2) is 0 Å². The monoisotopic (exact) mass is 288 g/mol. The Labute approximate surface area is 123 Å². The van der Waals surface area contributed by atoms with Gasteiger partial charge in [0.1, 0.15) is 0 Å². The summed E-state index contributed by atoms with van der Waals surface area (Å²) in [6.45, 7) is 1.67. The molecule has 1 saturated heterocycles. The highest BCUT2D eigenvalue weighted by atomic mass is 16.3. The van der Waals surface area contributed by atoms with E-state index in [0.717, 1.165) is 11.0 Å². The number of nitrogens with two attached hydrogens (primary N) is 1. The first-order chi connectivity index (χ1) is 10.1. The summed E-state index contributed by atoms with van der Waals surface area (Å²) >= 11 is 0. The average molecular weight is 288 g/mol. The fraction of sp³-hybridized carbons (Fsp3) is 0.467. The van der Waals surface area contributed by atoms with Crippen molar-refractivity contribution in [1.29, 1.82) is 0 Å². The minimum Gasteiger partial charge on any atom is -0.388 e. The third kappa shape index (κ3) is 2.77. The molecule has 3 rings (SSSR count). The highest BCUT2D eigenvalue weighted by Gasteiger charge is 2.34. The predicted molar refractivity (Wildman–Crippen MR) is 79.6 cm³/mol. The zero-order chi connectivity index (χ0) is 14.9. The van der Waals surface area contributed by atoms with Crippen molar-refractivity contribution in [2.75, 3.05) is 19.6 Å². The van der Waals surface area contributed by atoms with Crippen molar-refractivity contribution in [3.05, 3.63) is 30.6 Å². The molecule has 0 unspecified atom stereocenters. The van der Waals surface area contributed by atoms with Gasteiger partial charge in [0.25, 0.3) is 0 Å². The number of hydrogen-bond donors (Lipinski definition) is 2. The second-order valence-corrected chi connectivity index (χ2v) is 5.66. The van der Waals surface area contributed by atoms with Gasteiger partial charge in [-0.15, -0.1) is 0 Å². The SMILES string of the molecule is NCC(=O)N1CCC(O)(Cn2ccc3ncccc32)CC1. The Morgan fingerprint density at radius 1 is 1.38 bits per heavy atom.